The van der Waals surface area contributed by atoms with E-state index >= 15 is 0 Å². The van der Waals surface area contributed by atoms with E-state index in [9.17, 15) is 14.7 Å². The number of aromatic carboxylic acids is 1. The summed E-state index contributed by atoms with van der Waals surface area (Å²) in [4.78, 5) is 24.5. The van der Waals surface area contributed by atoms with Crippen LogP contribution >= 0.6 is 0 Å². The molecule has 21 heavy (non-hydrogen) atoms. The van der Waals surface area contributed by atoms with Gasteiger partial charge in [-0.05, 0) is 30.9 Å². The van der Waals surface area contributed by atoms with Crippen molar-refractivity contribution in [3.8, 4) is 5.75 Å². The van der Waals surface area contributed by atoms with Gasteiger partial charge < -0.3 is 25.5 Å². The summed E-state index contributed by atoms with van der Waals surface area (Å²) in [6.07, 6.45) is 1.73. The van der Waals surface area contributed by atoms with Crippen LogP contribution in [0.4, 0.5) is 10.5 Å². The normalized spacial score (nSPS) is 18.3. The highest BCUT2D eigenvalue weighted by atomic mass is 16.4. The smallest absolute Gasteiger partial charge is 0.339 e. The minimum atomic E-state index is -1.23. The highest BCUT2D eigenvalue weighted by molar-refractivity contribution is 5.94. The van der Waals surface area contributed by atoms with Crippen molar-refractivity contribution in [2.45, 2.75) is 12.8 Å². The molecule has 7 nitrogen and oxygen atoms in total. The number of aliphatic hydroxyl groups excluding tert-OH is 1. The molecule has 1 unspecified atom stereocenters. The number of likely N-dealkylation sites (tertiary alicyclic amines) is 1. The van der Waals surface area contributed by atoms with Gasteiger partial charge in [-0.3, -0.25) is 0 Å². The zero-order chi connectivity index (χ0) is 15.4. The first kappa shape index (κ1) is 15.1. The third-order valence-electron chi connectivity index (χ3n) is 3.54. The van der Waals surface area contributed by atoms with Gasteiger partial charge in [-0.15, -0.1) is 0 Å². The van der Waals surface area contributed by atoms with Gasteiger partial charge in [-0.1, -0.05) is 0 Å². The summed E-state index contributed by atoms with van der Waals surface area (Å²) in [5, 5.41) is 30.2. The van der Waals surface area contributed by atoms with Gasteiger partial charge in [0.05, 0.1) is 0 Å². The van der Waals surface area contributed by atoms with E-state index in [4.69, 9.17) is 10.2 Å². The van der Waals surface area contributed by atoms with Crippen molar-refractivity contribution in [1.82, 2.24) is 4.90 Å². The third kappa shape index (κ3) is 3.63. The van der Waals surface area contributed by atoms with Crippen molar-refractivity contribution in [1.29, 1.82) is 0 Å². The molecule has 0 spiro atoms. The standard InChI is InChI=1S/C14H18N2O5/c17-8-9-2-1-5-16(7-9)14(21)15-10-3-4-11(13(19)20)12(18)6-10/h3-4,6,9,17-18H,1-2,5,7-8H2,(H,15,21)(H,19,20). The summed E-state index contributed by atoms with van der Waals surface area (Å²) in [6.45, 7) is 1.15. The summed E-state index contributed by atoms with van der Waals surface area (Å²) in [7, 11) is 0. The lowest BCUT2D eigenvalue weighted by Gasteiger charge is -2.31. The molecule has 0 bridgehead atoms. The summed E-state index contributed by atoms with van der Waals surface area (Å²) in [5.74, 6) is -1.54. The van der Waals surface area contributed by atoms with Crippen LogP contribution in [0.5, 0.6) is 5.75 Å². The predicted octanol–water partition coefficient (Wildman–Crippen LogP) is 1.33. The zero-order valence-electron chi connectivity index (χ0n) is 11.5. The summed E-state index contributed by atoms with van der Waals surface area (Å²) in [5.41, 5.74) is 0.111. The molecule has 0 radical (unpaired) electrons. The van der Waals surface area contributed by atoms with E-state index < -0.39 is 11.7 Å². The van der Waals surface area contributed by atoms with Gasteiger partial charge in [-0.2, -0.15) is 0 Å². The number of nitrogens with one attached hydrogen (secondary N) is 1. The molecule has 1 heterocycles. The molecule has 0 aliphatic carbocycles. The summed E-state index contributed by atoms with van der Waals surface area (Å²) in [6, 6.07) is 3.54. The second kappa shape index (κ2) is 6.45. The molecule has 2 rings (SSSR count). The van der Waals surface area contributed by atoms with Crippen molar-refractivity contribution >= 4 is 17.7 Å². The van der Waals surface area contributed by atoms with Crippen molar-refractivity contribution in [2.24, 2.45) is 5.92 Å². The van der Waals surface area contributed by atoms with Crippen LogP contribution in [0, 0.1) is 5.92 Å². The van der Waals surface area contributed by atoms with Crippen LogP contribution < -0.4 is 5.32 Å². The maximum absolute atomic E-state index is 12.1. The first-order valence-electron chi connectivity index (χ1n) is 6.74. The van der Waals surface area contributed by atoms with Crippen molar-refractivity contribution in [2.75, 3.05) is 25.0 Å². The fourth-order valence-electron chi connectivity index (χ4n) is 2.39. The lowest BCUT2D eigenvalue weighted by atomic mass is 9.99. The monoisotopic (exact) mass is 294 g/mol. The molecule has 1 fully saturated rings. The number of rotatable bonds is 3. The van der Waals surface area contributed by atoms with Gasteiger partial charge in [0, 0.05) is 31.5 Å². The van der Waals surface area contributed by atoms with Gasteiger partial charge in [0.25, 0.3) is 0 Å². The number of aromatic hydroxyl groups is 1. The topological polar surface area (TPSA) is 110 Å². The van der Waals surface area contributed by atoms with Gasteiger partial charge in [-0.25, -0.2) is 9.59 Å². The minimum Gasteiger partial charge on any atom is -0.507 e. The maximum atomic E-state index is 12.1. The van der Waals surface area contributed by atoms with E-state index in [1.807, 2.05) is 0 Å². The number of carbonyl (C=O) groups excluding carboxylic acids is 1. The van der Waals surface area contributed by atoms with Gasteiger partial charge in [0.2, 0.25) is 0 Å². The van der Waals surface area contributed by atoms with Crippen molar-refractivity contribution < 1.29 is 24.9 Å². The van der Waals surface area contributed by atoms with Crippen LogP contribution in [0.25, 0.3) is 0 Å². The second-order valence-electron chi connectivity index (χ2n) is 5.10. The highest BCUT2D eigenvalue weighted by Crippen LogP contribution is 2.23. The highest BCUT2D eigenvalue weighted by Gasteiger charge is 2.23. The summed E-state index contributed by atoms with van der Waals surface area (Å²) < 4.78 is 0. The number of aliphatic hydroxyl groups is 1. The Kier molecular flexibility index (Phi) is 4.64. The molecule has 4 N–H and O–H groups in total. The number of urea groups is 1. The molecular formula is C14H18N2O5. The Bertz CT molecular complexity index is 546. The Hall–Kier alpha value is -2.28. The molecule has 1 aliphatic rings. The number of carboxylic acid groups (broad SMARTS) is 1. The van der Waals surface area contributed by atoms with Crippen LogP contribution in [0.1, 0.15) is 23.2 Å². The number of piperidine rings is 1. The van der Waals surface area contributed by atoms with Gasteiger partial charge >= 0.3 is 12.0 Å². The molecule has 1 aromatic carbocycles. The number of hydrogen-bond acceptors (Lipinski definition) is 4. The number of amides is 2. The van der Waals surface area contributed by atoms with Gasteiger partial charge in [0.15, 0.2) is 0 Å². The molecule has 0 aromatic heterocycles. The lowest BCUT2D eigenvalue weighted by molar-refractivity contribution is 0.0693. The molecule has 1 saturated heterocycles. The van der Waals surface area contributed by atoms with E-state index in [0.29, 0.717) is 18.8 Å². The third-order valence-corrected chi connectivity index (χ3v) is 3.54. The Morgan fingerprint density at radius 3 is 2.76 bits per heavy atom. The van der Waals surface area contributed by atoms with E-state index in [1.165, 1.54) is 18.2 Å². The molecule has 0 saturated carbocycles. The number of hydrogen-bond donors (Lipinski definition) is 4. The molecule has 7 heteroatoms. The average molecular weight is 294 g/mol. The van der Waals surface area contributed by atoms with E-state index in [-0.39, 0.29) is 24.1 Å². The fraction of sp³-hybridized carbons (Fsp3) is 0.429. The minimum absolute atomic E-state index is 0.0534. The fourth-order valence-corrected chi connectivity index (χ4v) is 2.39. The van der Waals surface area contributed by atoms with Crippen LogP contribution in [-0.2, 0) is 0 Å². The Balaban J connectivity index is 2.02. The largest absolute Gasteiger partial charge is 0.507 e. The average Bonchev–Trinajstić information content (AvgIpc) is 2.47. The van der Waals surface area contributed by atoms with Crippen LogP contribution in [0.3, 0.4) is 0 Å². The van der Waals surface area contributed by atoms with Crippen molar-refractivity contribution in [3.05, 3.63) is 23.8 Å². The lowest BCUT2D eigenvalue weighted by Crippen LogP contribution is -2.43. The number of nitrogens with zero attached hydrogens (tertiary/aromatic N) is 1. The van der Waals surface area contributed by atoms with E-state index in [2.05, 4.69) is 5.32 Å². The predicted molar refractivity (Wildman–Crippen MR) is 75.5 cm³/mol. The summed E-state index contributed by atoms with van der Waals surface area (Å²) >= 11 is 0. The van der Waals surface area contributed by atoms with Crippen LogP contribution in [0.2, 0.25) is 0 Å². The number of carboxylic acids is 1. The molecule has 114 valence electrons. The molecule has 1 aromatic rings. The van der Waals surface area contributed by atoms with Crippen molar-refractivity contribution in [3.63, 3.8) is 0 Å². The quantitative estimate of drug-likeness (QED) is 0.672. The maximum Gasteiger partial charge on any atom is 0.339 e. The van der Waals surface area contributed by atoms with E-state index in [1.54, 1.807) is 4.90 Å². The molecule has 1 aliphatic heterocycles. The van der Waals surface area contributed by atoms with E-state index in [0.717, 1.165) is 12.8 Å². The molecular weight excluding hydrogens is 276 g/mol. The Labute approximate surface area is 121 Å². The number of anilines is 1. The number of carbonyl (C=O) groups is 2. The number of benzene rings is 1. The van der Waals surface area contributed by atoms with Gasteiger partial charge in [0.1, 0.15) is 11.3 Å². The van der Waals surface area contributed by atoms with Crippen LogP contribution in [-0.4, -0.2) is 51.9 Å². The SMILES string of the molecule is O=C(O)c1ccc(NC(=O)N2CCCC(CO)C2)cc1O. The number of phenols is 1. The Morgan fingerprint density at radius 1 is 1.38 bits per heavy atom. The molecule has 1 atom stereocenters. The molecule has 2 amide bonds. The Morgan fingerprint density at radius 2 is 2.14 bits per heavy atom. The van der Waals surface area contributed by atoms with Crippen LogP contribution in [0.15, 0.2) is 18.2 Å². The zero-order valence-corrected chi connectivity index (χ0v) is 11.5. The second-order valence-corrected chi connectivity index (χ2v) is 5.10. The first-order valence-corrected chi connectivity index (χ1v) is 6.74. The first-order chi connectivity index (χ1) is 10.0.